The van der Waals surface area contributed by atoms with Crippen LogP contribution in [-0.4, -0.2) is 37.2 Å². The Kier molecular flexibility index (Phi) is 4.57. The average Bonchev–Trinajstić information content (AvgIpc) is 2.99. The van der Waals surface area contributed by atoms with Crippen LogP contribution in [0.2, 0.25) is 0 Å². The Hall–Kier alpha value is -2.51. The Bertz CT molecular complexity index is 949. The van der Waals surface area contributed by atoms with Crippen molar-refractivity contribution in [1.82, 2.24) is 4.98 Å². The number of ether oxygens (including phenoxy) is 1. The summed E-state index contributed by atoms with van der Waals surface area (Å²) in [5.74, 6) is -0.0310. The van der Waals surface area contributed by atoms with Crippen molar-refractivity contribution in [3.8, 4) is 0 Å². The second-order valence-corrected chi connectivity index (χ2v) is 7.20. The highest BCUT2D eigenvalue weighted by atomic mass is 32.1. The summed E-state index contributed by atoms with van der Waals surface area (Å²) in [5.41, 5.74) is 1.80. The summed E-state index contributed by atoms with van der Waals surface area (Å²) in [7, 11) is 0. The highest BCUT2D eigenvalue weighted by Gasteiger charge is 2.17. The van der Waals surface area contributed by atoms with Gasteiger partial charge in [-0.15, -0.1) is 11.3 Å². The maximum absolute atomic E-state index is 13.4. The molecular weight excluding hydrogens is 353 g/mol. The van der Waals surface area contributed by atoms with Crippen LogP contribution in [0, 0.1) is 12.7 Å². The van der Waals surface area contributed by atoms with E-state index in [1.54, 1.807) is 18.3 Å². The number of anilines is 2. The summed E-state index contributed by atoms with van der Waals surface area (Å²) in [5, 5.41) is 3.60. The normalized spacial score (nSPS) is 14.6. The SMILES string of the molecule is Cc1c(C(=O)Nc2ccc(N3CCOCC3)cn2)sc2ccc(F)cc12. The van der Waals surface area contributed by atoms with Crippen LogP contribution in [0.3, 0.4) is 0 Å². The Morgan fingerprint density at radius 2 is 2.08 bits per heavy atom. The number of carbonyl (C=O) groups is 1. The first kappa shape index (κ1) is 16.9. The molecule has 0 atom stereocenters. The zero-order valence-corrected chi connectivity index (χ0v) is 15.1. The van der Waals surface area contributed by atoms with E-state index in [0.717, 1.165) is 34.4 Å². The van der Waals surface area contributed by atoms with Gasteiger partial charge in [-0.25, -0.2) is 9.37 Å². The van der Waals surface area contributed by atoms with Crippen LogP contribution in [0.1, 0.15) is 15.2 Å². The van der Waals surface area contributed by atoms with E-state index in [-0.39, 0.29) is 11.7 Å². The van der Waals surface area contributed by atoms with Gasteiger partial charge in [-0.1, -0.05) is 0 Å². The molecule has 0 unspecified atom stereocenters. The van der Waals surface area contributed by atoms with Gasteiger partial charge < -0.3 is 15.0 Å². The van der Waals surface area contributed by atoms with Gasteiger partial charge in [0.25, 0.3) is 5.91 Å². The fourth-order valence-electron chi connectivity index (χ4n) is 3.05. The topological polar surface area (TPSA) is 54.5 Å². The standard InChI is InChI=1S/C19H18FN3O2S/c1-12-15-10-13(20)2-4-16(15)26-18(12)19(24)22-17-5-3-14(11-21-17)23-6-8-25-9-7-23/h2-5,10-11H,6-9H2,1H3,(H,21,22,24). The number of thiophene rings is 1. The smallest absolute Gasteiger partial charge is 0.267 e. The number of nitrogens with one attached hydrogen (secondary N) is 1. The van der Waals surface area contributed by atoms with Gasteiger partial charge in [0.2, 0.25) is 0 Å². The molecule has 5 nitrogen and oxygen atoms in total. The van der Waals surface area contributed by atoms with Crippen molar-refractivity contribution in [3.05, 3.63) is 52.8 Å². The van der Waals surface area contributed by atoms with E-state index in [4.69, 9.17) is 4.74 Å². The lowest BCUT2D eigenvalue weighted by atomic mass is 10.1. The molecule has 0 radical (unpaired) electrons. The predicted molar refractivity (Wildman–Crippen MR) is 102 cm³/mol. The lowest BCUT2D eigenvalue weighted by Crippen LogP contribution is -2.36. The first-order valence-electron chi connectivity index (χ1n) is 8.40. The average molecular weight is 371 g/mol. The monoisotopic (exact) mass is 371 g/mol. The highest BCUT2D eigenvalue weighted by Crippen LogP contribution is 2.31. The highest BCUT2D eigenvalue weighted by molar-refractivity contribution is 7.21. The number of pyridine rings is 1. The Labute approximate surface area is 154 Å². The van der Waals surface area contributed by atoms with Gasteiger partial charge in [-0.3, -0.25) is 4.79 Å². The molecule has 1 aliphatic heterocycles. The van der Waals surface area contributed by atoms with Crippen LogP contribution < -0.4 is 10.2 Å². The molecule has 4 rings (SSSR count). The summed E-state index contributed by atoms with van der Waals surface area (Å²) in [4.78, 5) is 19.7. The molecule has 0 saturated carbocycles. The summed E-state index contributed by atoms with van der Waals surface area (Å²) in [6.45, 7) is 4.94. The van der Waals surface area contributed by atoms with Crippen LogP contribution in [0.5, 0.6) is 0 Å². The van der Waals surface area contributed by atoms with Gasteiger partial charge in [-0.05, 0) is 48.2 Å². The number of halogens is 1. The molecular formula is C19H18FN3O2S. The van der Waals surface area contributed by atoms with Crippen molar-refractivity contribution >= 4 is 38.8 Å². The van der Waals surface area contributed by atoms with Crippen LogP contribution in [-0.2, 0) is 4.74 Å². The third-order valence-electron chi connectivity index (χ3n) is 4.47. The minimum atomic E-state index is -0.300. The van der Waals surface area contributed by atoms with Crippen molar-refractivity contribution in [2.24, 2.45) is 0 Å². The molecule has 134 valence electrons. The number of benzene rings is 1. The minimum Gasteiger partial charge on any atom is -0.378 e. The lowest BCUT2D eigenvalue weighted by Gasteiger charge is -2.28. The number of nitrogens with zero attached hydrogens (tertiary/aromatic N) is 2. The first-order chi connectivity index (χ1) is 12.6. The molecule has 3 aromatic rings. The van der Waals surface area contributed by atoms with Crippen LogP contribution >= 0.6 is 11.3 Å². The zero-order chi connectivity index (χ0) is 18.1. The van der Waals surface area contributed by atoms with E-state index in [9.17, 15) is 9.18 Å². The predicted octanol–water partition coefficient (Wildman–Crippen LogP) is 3.83. The van der Waals surface area contributed by atoms with Crippen molar-refractivity contribution in [2.45, 2.75) is 6.92 Å². The number of morpholine rings is 1. The molecule has 2 aromatic heterocycles. The molecule has 3 heterocycles. The quantitative estimate of drug-likeness (QED) is 0.760. The second kappa shape index (κ2) is 7.01. The summed E-state index contributed by atoms with van der Waals surface area (Å²) >= 11 is 1.36. The molecule has 7 heteroatoms. The van der Waals surface area contributed by atoms with Crippen LogP contribution in [0.15, 0.2) is 36.5 Å². The molecule has 1 aliphatic rings. The summed E-state index contributed by atoms with van der Waals surface area (Å²) in [6, 6.07) is 8.32. The Morgan fingerprint density at radius 1 is 1.27 bits per heavy atom. The fourth-order valence-corrected chi connectivity index (χ4v) is 4.14. The third-order valence-corrected chi connectivity index (χ3v) is 5.74. The van der Waals surface area contributed by atoms with E-state index in [0.29, 0.717) is 23.9 Å². The van der Waals surface area contributed by atoms with Crippen molar-refractivity contribution in [1.29, 1.82) is 0 Å². The van der Waals surface area contributed by atoms with E-state index < -0.39 is 0 Å². The van der Waals surface area contributed by atoms with E-state index in [2.05, 4.69) is 15.2 Å². The van der Waals surface area contributed by atoms with Gasteiger partial charge >= 0.3 is 0 Å². The fraction of sp³-hybridized carbons (Fsp3) is 0.263. The number of aromatic nitrogens is 1. The molecule has 1 fully saturated rings. The maximum Gasteiger partial charge on any atom is 0.267 e. The summed E-state index contributed by atoms with van der Waals surface area (Å²) < 4.78 is 19.7. The van der Waals surface area contributed by atoms with Crippen molar-refractivity contribution in [3.63, 3.8) is 0 Å². The maximum atomic E-state index is 13.4. The molecule has 1 N–H and O–H groups in total. The number of hydrogen-bond donors (Lipinski definition) is 1. The zero-order valence-electron chi connectivity index (χ0n) is 14.3. The van der Waals surface area contributed by atoms with Gasteiger partial charge in [0.1, 0.15) is 11.6 Å². The molecule has 0 bridgehead atoms. The lowest BCUT2D eigenvalue weighted by molar-refractivity contribution is 0.102. The third kappa shape index (κ3) is 3.27. The van der Waals surface area contributed by atoms with E-state index in [1.807, 2.05) is 13.0 Å². The minimum absolute atomic E-state index is 0.226. The molecule has 26 heavy (non-hydrogen) atoms. The Morgan fingerprint density at radius 3 is 2.81 bits per heavy atom. The van der Waals surface area contributed by atoms with Crippen LogP contribution in [0.25, 0.3) is 10.1 Å². The first-order valence-corrected chi connectivity index (χ1v) is 9.22. The molecule has 1 aromatic carbocycles. The van der Waals surface area contributed by atoms with Gasteiger partial charge in [0.05, 0.1) is 30.0 Å². The molecule has 1 saturated heterocycles. The van der Waals surface area contributed by atoms with Crippen LogP contribution in [0.4, 0.5) is 15.9 Å². The number of fused-ring (bicyclic) bond motifs is 1. The number of hydrogen-bond acceptors (Lipinski definition) is 5. The number of rotatable bonds is 3. The van der Waals surface area contributed by atoms with Gasteiger partial charge in [-0.2, -0.15) is 0 Å². The van der Waals surface area contributed by atoms with Gasteiger partial charge in [0.15, 0.2) is 0 Å². The van der Waals surface area contributed by atoms with Gasteiger partial charge in [0, 0.05) is 17.8 Å². The Balaban J connectivity index is 1.52. The van der Waals surface area contributed by atoms with E-state index >= 15 is 0 Å². The molecule has 0 spiro atoms. The second-order valence-electron chi connectivity index (χ2n) is 6.15. The van der Waals surface area contributed by atoms with Crippen molar-refractivity contribution in [2.75, 3.05) is 36.5 Å². The number of aryl methyl sites for hydroxylation is 1. The van der Waals surface area contributed by atoms with Crippen molar-refractivity contribution < 1.29 is 13.9 Å². The molecule has 0 aliphatic carbocycles. The van der Waals surface area contributed by atoms with E-state index in [1.165, 1.54) is 23.5 Å². The largest absolute Gasteiger partial charge is 0.378 e. The number of amides is 1. The number of carbonyl (C=O) groups excluding carboxylic acids is 1. The molecule has 1 amide bonds. The summed E-state index contributed by atoms with van der Waals surface area (Å²) in [6.07, 6.45) is 1.76.